The van der Waals surface area contributed by atoms with Crippen LogP contribution in [-0.2, 0) is 11.3 Å². The van der Waals surface area contributed by atoms with E-state index in [0.29, 0.717) is 5.69 Å². The van der Waals surface area contributed by atoms with Gasteiger partial charge in [0.25, 0.3) is 5.56 Å². The van der Waals surface area contributed by atoms with Gasteiger partial charge < -0.3 is 10.4 Å². The molecule has 0 saturated heterocycles. The number of nitrogens with zero attached hydrogens (tertiary/aromatic N) is 2. The minimum atomic E-state index is -0.810. The highest BCUT2D eigenvalue weighted by molar-refractivity contribution is 5.75. The van der Waals surface area contributed by atoms with Crippen molar-refractivity contribution in [3.8, 4) is 11.3 Å². The first-order chi connectivity index (χ1) is 13.0. The summed E-state index contributed by atoms with van der Waals surface area (Å²) in [7, 11) is 0. The van der Waals surface area contributed by atoms with Crippen LogP contribution in [0.4, 0.5) is 0 Å². The molecule has 0 saturated carbocycles. The normalized spacial score (nSPS) is 11.8. The molecule has 0 radical (unpaired) electrons. The number of rotatable bonds is 6. The summed E-state index contributed by atoms with van der Waals surface area (Å²) < 4.78 is 1.12. The summed E-state index contributed by atoms with van der Waals surface area (Å²) in [6.45, 7) is 1.82. The molecule has 1 heterocycles. The lowest BCUT2D eigenvalue weighted by Crippen LogP contribution is -2.35. The SMILES string of the molecule is Cc1ccc([C@@H](O)CNC(=O)Cn2nc(-c3ccccc3)ccc2=O)cc1. The second-order valence-corrected chi connectivity index (χ2v) is 6.31. The zero-order valence-corrected chi connectivity index (χ0v) is 15.0. The van der Waals surface area contributed by atoms with Crippen LogP contribution in [0.5, 0.6) is 0 Å². The number of benzene rings is 2. The van der Waals surface area contributed by atoms with E-state index in [1.165, 1.54) is 6.07 Å². The second-order valence-electron chi connectivity index (χ2n) is 6.31. The summed E-state index contributed by atoms with van der Waals surface area (Å²) in [5.74, 6) is -0.388. The maximum Gasteiger partial charge on any atom is 0.267 e. The van der Waals surface area contributed by atoms with Crippen LogP contribution in [0, 0.1) is 6.92 Å². The van der Waals surface area contributed by atoms with Gasteiger partial charge in [0.15, 0.2) is 0 Å². The second kappa shape index (κ2) is 8.42. The van der Waals surface area contributed by atoms with Crippen LogP contribution in [-0.4, -0.2) is 27.3 Å². The van der Waals surface area contributed by atoms with Gasteiger partial charge in [0.1, 0.15) is 6.54 Å². The molecule has 3 aromatic rings. The summed E-state index contributed by atoms with van der Waals surface area (Å²) >= 11 is 0. The fourth-order valence-corrected chi connectivity index (χ4v) is 2.63. The fourth-order valence-electron chi connectivity index (χ4n) is 2.63. The first-order valence-electron chi connectivity index (χ1n) is 8.68. The molecule has 3 rings (SSSR count). The molecule has 0 aliphatic heterocycles. The maximum absolute atomic E-state index is 12.2. The maximum atomic E-state index is 12.2. The Labute approximate surface area is 157 Å². The van der Waals surface area contributed by atoms with E-state index in [9.17, 15) is 14.7 Å². The predicted octanol–water partition coefficient (Wildman–Crippen LogP) is 2.07. The van der Waals surface area contributed by atoms with E-state index in [1.807, 2.05) is 61.5 Å². The number of aromatic nitrogens is 2. The number of carbonyl (C=O) groups excluding carboxylic acids is 1. The number of amides is 1. The van der Waals surface area contributed by atoms with Gasteiger partial charge in [-0.2, -0.15) is 5.10 Å². The Morgan fingerprint density at radius 1 is 1.07 bits per heavy atom. The van der Waals surface area contributed by atoms with E-state index in [0.717, 1.165) is 21.4 Å². The van der Waals surface area contributed by atoms with Crippen molar-refractivity contribution in [2.75, 3.05) is 6.54 Å². The smallest absolute Gasteiger partial charge is 0.267 e. The van der Waals surface area contributed by atoms with E-state index < -0.39 is 6.10 Å². The Morgan fingerprint density at radius 2 is 1.78 bits per heavy atom. The number of aryl methyl sites for hydroxylation is 1. The molecule has 6 heteroatoms. The lowest BCUT2D eigenvalue weighted by Gasteiger charge is -2.13. The molecular formula is C21H21N3O3. The molecule has 2 aromatic carbocycles. The van der Waals surface area contributed by atoms with Gasteiger partial charge in [-0.15, -0.1) is 0 Å². The van der Waals surface area contributed by atoms with E-state index in [2.05, 4.69) is 10.4 Å². The highest BCUT2D eigenvalue weighted by atomic mass is 16.3. The minimum Gasteiger partial charge on any atom is -0.387 e. The van der Waals surface area contributed by atoms with Crippen molar-refractivity contribution in [3.05, 3.63) is 88.2 Å². The molecule has 1 aromatic heterocycles. The minimum absolute atomic E-state index is 0.0645. The van der Waals surface area contributed by atoms with Crippen LogP contribution >= 0.6 is 0 Å². The number of hydrogen-bond donors (Lipinski definition) is 2. The van der Waals surface area contributed by atoms with Crippen LogP contribution in [0.1, 0.15) is 17.2 Å². The van der Waals surface area contributed by atoms with Gasteiger partial charge in [0.2, 0.25) is 5.91 Å². The fraction of sp³-hybridized carbons (Fsp3) is 0.190. The first kappa shape index (κ1) is 18.5. The molecule has 0 spiro atoms. The molecule has 2 N–H and O–H groups in total. The molecule has 0 aliphatic rings. The zero-order chi connectivity index (χ0) is 19.2. The average molecular weight is 363 g/mol. The Kier molecular flexibility index (Phi) is 5.78. The highest BCUT2D eigenvalue weighted by Gasteiger charge is 2.11. The standard InChI is InChI=1S/C21H21N3O3/c1-15-7-9-17(10-8-15)19(25)13-22-20(26)14-24-21(27)12-11-18(23-24)16-5-3-2-4-6-16/h2-12,19,25H,13-14H2,1H3,(H,22,26)/t19-/m0/s1. The third kappa shape index (κ3) is 4.89. The third-order valence-corrected chi connectivity index (χ3v) is 4.18. The molecular weight excluding hydrogens is 342 g/mol. The Morgan fingerprint density at radius 3 is 2.48 bits per heavy atom. The lowest BCUT2D eigenvalue weighted by atomic mass is 10.1. The molecule has 1 atom stereocenters. The molecule has 6 nitrogen and oxygen atoms in total. The van der Waals surface area contributed by atoms with Crippen molar-refractivity contribution in [2.45, 2.75) is 19.6 Å². The number of aliphatic hydroxyl groups is 1. The van der Waals surface area contributed by atoms with Gasteiger partial charge >= 0.3 is 0 Å². The third-order valence-electron chi connectivity index (χ3n) is 4.18. The molecule has 138 valence electrons. The summed E-state index contributed by atoms with van der Waals surface area (Å²) in [6.07, 6.45) is -0.810. The summed E-state index contributed by atoms with van der Waals surface area (Å²) in [5.41, 5.74) is 2.94. The lowest BCUT2D eigenvalue weighted by molar-refractivity contribution is -0.122. The molecule has 0 aliphatic carbocycles. The van der Waals surface area contributed by atoms with Crippen molar-refractivity contribution < 1.29 is 9.90 Å². The summed E-state index contributed by atoms with van der Waals surface area (Å²) in [5, 5.41) is 17.1. The molecule has 0 fully saturated rings. The predicted molar refractivity (Wildman–Crippen MR) is 103 cm³/mol. The number of nitrogens with one attached hydrogen (secondary N) is 1. The van der Waals surface area contributed by atoms with Crippen LogP contribution in [0.2, 0.25) is 0 Å². The van der Waals surface area contributed by atoms with Gasteiger partial charge in [-0.1, -0.05) is 60.2 Å². The Bertz CT molecular complexity index is 966. The van der Waals surface area contributed by atoms with Crippen LogP contribution in [0.3, 0.4) is 0 Å². The van der Waals surface area contributed by atoms with Gasteiger partial charge in [-0.25, -0.2) is 4.68 Å². The van der Waals surface area contributed by atoms with E-state index in [1.54, 1.807) is 6.07 Å². The summed E-state index contributed by atoms with van der Waals surface area (Å²) in [4.78, 5) is 24.2. The Hall–Kier alpha value is -3.25. The molecule has 1 amide bonds. The van der Waals surface area contributed by atoms with Gasteiger partial charge in [0.05, 0.1) is 11.8 Å². The molecule has 0 bridgehead atoms. The van der Waals surface area contributed by atoms with Gasteiger partial charge in [-0.05, 0) is 18.6 Å². The van der Waals surface area contributed by atoms with Gasteiger partial charge in [0, 0.05) is 18.2 Å². The highest BCUT2D eigenvalue weighted by Crippen LogP contribution is 2.14. The number of aliphatic hydroxyl groups excluding tert-OH is 1. The topological polar surface area (TPSA) is 84.2 Å². The van der Waals surface area contributed by atoms with Crippen molar-refractivity contribution >= 4 is 5.91 Å². The van der Waals surface area contributed by atoms with Gasteiger partial charge in [-0.3, -0.25) is 9.59 Å². The van der Waals surface area contributed by atoms with Crippen molar-refractivity contribution in [1.82, 2.24) is 15.1 Å². The monoisotopic (exact) mass is 363 g/mol. The van der Waals surface area contributed by atoms with Crippen LogP contribution < -0.4 is 10.9 Å². The van der Waals surface area contributed by atoms with Crippen LogP contribution in [0.25, 0.3) is 11.3 Å². The van der Waals surface area contributed by atoms with Crippen molar-refractivity contribution in [2.24, 2.45) is 0 Å². The van der Waals surface area contributed by atoms with E-state index in [-0.39, 0.29) is 24.6 Å². The zero-order valence-electron chi connectivity index (χ0n) is 15.0. The van der Waals surface area contributed by atoms with Crippen molar-refractivity contribution in [1.29, 1.82) is 0 Å². The van der Waals surface area contributed by atoms with Crippen molar-refractivity contribution in [3.63, 3.8) is 0 Å². The Balaban J connectivity index is 1.64. The number of carbonyl (C=O) groups is 1. The average Bonchev–Trinajstić information content (AvgIpc) is 2.69. The summed E-state index contributed by atoms with van der Waals surface area (Å²) in [6, 6.07) is 19.9. The van der Waals surface area contributed by atoms with E-state index in [4.69, 9.17) is 0 Å². The van der Waals surface area contributed by atoms with Crippen LogP contribution in [0.15, 0.2) is 71.5 Å². The largest absolute Gasteiger partial charge is 0.387 e. The molecule has 0 unspecified atom stereocenters. The molecule has 27 heavy (non-hydrogen) atoms. The quantitative estimate of drug-likeness (QED) is 0.702. The number of hydrogen-bond acceptors (Lipinski definition) is 4. The van der Waals surface area contributed by atoms with E-state index >= 15 is 0 Å². The first-order valence-corrected chi connectivity index (χ1v) is 8.68.